The molecule has 0 aliphatic heterocycles. The first kappa shape index (κ1) is 10.4. The highest BCUT2D eigenvalue weighted by Gasteiger charge is 2.21. The third kappa shape index (κ3) is 1.82. The molecule has 0 saturated carbocycles. The Morgan fingerprint density at radius 2 is 1.25 bits per heavy atom. The van der Waals surface area contributed by atoms with E-state index in [9.17, 15) is 9.59 Å². The van der Waals surface area contributed by atoms with Crippen LogP contribution in [0.4, 0.5) is 0 Å². The third-order valence-electron chi connectivity index (χ3n) is 2.59. The number of aliphatic carboxylic acids is 2. The summed E-state index contributed by atoms with van der Waals surface area (Å²) in [7, 11) is 0. The summed E-state index contributed by atoms with van der Waals surface area (Å²) in [4.78, 5) is 21.5. The number of carbonyl (C=O) groups is 2. The summed E-state index contributed by atoms with van der Waals surface area (Å²) in [5, 5.41) is 17.7. The van der Waals surface area contributed by atoms with Crippen molar-refractivity contribution in [3.63, 3.8) is 0 Å². The summed E-state index contributed by atoms with van der Waals surface area (Å²) in [5.74, 6) is -3.07. The fourth-order valence-corrected chi connectivity index (χ4v) is 1.72. The van der Waals surface area contributed by atoms with Gasteiger partial charge in [-0.3, -0.25) is 9.59 Å². The maximum Gasteiger partial charge on any atom is 0.314 e. The Hall–Kier alpha value is -2.10. The lowest BCUT2D eigenvalue weighted by molar-refractivity contribution is -0.139. The Balaban J connectivity index is 2.29. The van der Waals surface area contributed by atoms with Crippen molar-refractivity contribution in [2.45, 2.75) is 0 Å². The second-order valence-electron chi connectivity index (χ2n) is 3.69. The van der Waals surface area contributed by atoms with Gasteiger partial charge in [0.15, 0.2) is 0 Å². The molecule has 16 heavy (non-hydrogen) atoms. The van der Waals surface area contributed by atoms with E-state index in [-0.39, 0.29) is 0 Å². The summed E-state index contributed by atoms with van der Waals surface area (Å²) in [6.45, 7) is 0. The summed E-state index contributed by atoms with van der Waals surface area (Å²) in [6.07, 6.45) is 9.65. The van der Waals surface area contributed by atoms with Crippen LogP contribution in [0.3, 0.4) is 0 Å². The van der Waals surface area contributed by atoms with Gasteiger partial charge in [-0.05, 0) is 11.1 Å². The highest BCUT2D eigenvalue weighted by atomic mass is 16.4. The van der Waals surface area contributed by atoms with Crippen molar-refractivity contribution in [3.05, 3.63) is 47.6 Å². The van der Waals surface area contributed by atoms with Crippen LogP contribution in [0, 0.1) is 11.8 Å². The van der Waals surface area contributed by atoms with Gasteiger partial charge in [0, 0.05) is 0 Å². The zero-order valence-electron chi connectivity index (χ0n) is 8.33. The molecule has 0 amide bonds. The van der Waals surface area contributed by atoms with E-state index < -0.39 is 23.8 Å². The molecule has 2 aliphatic rings. The monoisotopic (exact) mass is 218 g/mol. The molecule has 0 radical (unpaired) electrons. The topological polar surface area (TPSA) is 74.6 Å². The van der Waals surface area contributed by atoms with Crippen LogP contribution in [0.15, 0.2) is 47.6 Å². The minimum atomic E-state index is -0.906. The summed E-state index contributed by atoms with van der Waals surface area (Å²) < 4.78 is 0. The third-order valence-corrected chi connectivity index (χ3v) is 2.59. The molecule has 0 aromatic rings. The lowest BCUT2D eigenvalue weighted by atomic mass is 9.86. The van der Waals surface area contributed by atoms with Gasteiger partial charge in [0.2, 0.25) is 0 Å². The van der Waals surface area contributed by atoms with Gasteiger partial charge >= 0.3 is 11.9 Å². The first-order valence-electron chi connectivity index (χ1n) is 4.84. The summed E-state index contributed by atoms with van der Waals surface area (Å²) in [5.41, 5.74) is 1.54. The number of fused-ring (bicyclic) bond motifs is 1. The molecule has 0 aromatic heterocycles. The molecule has 2 N–H and O–H groups in total. The van der Waals surface area contributed by atoms with Crippen molar-refractivity contribution in [1.29, 1.82) is 0 Å². The summed E-state index contributed by atoms with van der Waals surface area (Å²) in [6, 6.07) is 0. The van der Waals surface area contributed by atoms with E-state index in [0.717, 1.165) is 11.1 Å². The molecule has 0 saturated heterocycles. The molecule has 4 heteroatoms. The molecule has 82 valence electrons. The Kier molecular flexibility index (Phi) is 2.48. The van der Waals surface area contributed by atoms with E-state index in [0.29, 0.717) is 0 Å². The van der Waals surface area contributed by atoms with E-state index in [1.807, 2.05) is 0 Å². The van der Waals surface area contributed by atoms with Crippen molar-refractivity contribution >= 4 is 11.9 Å². The molecular formula is C12H10O4. The highest BCUT2D eigenvalue weighted by Crippen LogP contribution is 2.28. The predicted octanol–water partition coefficient (Wildman–Crippen LogP) is 1.38. The van der Waals surface area contributed by atoms with Gasteiger partial charge < -0.3 is 10.2 Å². The largest absolute Gasteiger partial charge is 0.481 e. The van der Waals surface area contributed by atoms with Crippen LogP contribution in [0.25, 0.3) is 0 Å². The van der Waals surface area contributed by atoms with Gasteiger partial charge in [-0.25, -0.2) is 0 Å². The quantitative estimate of drug-likeness (QED) is 0.734. The average Bonchev–Trinajstić information content (AvgIpc) is 2.27. The van der Waals surface area contributed by atoms with E-state index in [2.05, 4.69) is 0 Å². The number of hydrogen-bond acceptors (Lipinski definition) is 2. The lowest BCUT2D eigenvalue weighted by Gasteiger charge is -2.18. The molecule has 2 aliphatic carbocycles. The molecule has 0 aromatic carbocycles. The van der Waals surface area contributed by atoms with E-state index in [4.69, 9.17) is 10.2 Å². The van der Waals surface area contributed by atoms with Crippen molar-refractivity contribution < 1.29 is 19.8 Å². The SMILES string of the molecule is O=C(O)C1C=CC2=CC(C(=O)O)C=CC2=C1. The second kappa shape index (κ2) is 3.81. The first-order chi connectivity index (χ1) is 7.58. The van der Waals surface area contributed by atoms with Crippen molar-refractivity contribution in [1.82, 2.24) is 0 Å². The van der Waals surface area contributed by atoms with E-state index in [1.165, 1.54) is 0 Å². The van der Waals surface area contributed by atoms with Gasteiger partial charge in [-0.1, -0.05) is 36.5 Å². The minimum absolute atomic E-state index is 0.627. The predicted molar refractivity (Wildman–Crippen MR) is 56.7 cm³/mol. The van der Waals surface area contributed by atoms with Crippen molar-refractivity contribution in [2.75, 3.05) is 0 Å². The Morgan fingerprint density at radius 1 is 0.875 bits per heavy atom. The standard InChI is InChI=1S/C12H10O4/c13-11(14)9-3-1-7-5-10(12(15)16)4-2-8(7)6-9/h1-6,9-10H,(H,13,14)(H,15,16). The molecule has 0 spiro atoms. The second-order valence-corrected chi connectivity index (χ2v) is 3.69. The average molecular weight is 218 g/mol. The zero-order valence-corrected chi connectivity index (χ0v) is 8.33. The first-order valence-corrected chi connectivity index (χ1v) is 4.84. The van der Waals surface area contributed by atoms with Crippen molar-refractivity contribution in [3.8, 4) is 0 Å². The van der Waals surface area contributed by atoms with Gasteiger partial charge in [0.1, 0.15) is 0 Å². The smallest absolute Gasteiger partial charge is 0.314 e. The van der Waals surface area contributed by atoms with Crippen LogP contribution in [0.1, 0.15) is 0 Å². The summed E-state index contributed by atoms with van der Waals surface area (Å²) >= 11 is 0. The van der Waals surface area contributed by atoms with E-state index >= 15 is 0 Å². The van der Waals surface area contributed by atoms with Gasteiger partial charge in [0.05, 0.1) is 11.8 Å². The zero-order chi connectivity index (χ0) is 11.7. The maximum absolute atomic E-state index is 10.8. The number of allylic oxidation sites excluding steroid dienone is 4. The van der Waals surface area contributed by atoms with Crippen LogP contribution >= 0.6 is 0 Å². The number of hydrogen-bond donors (Lipinski definition) is 2. The molecule has 2 atom stereocenters. The normalized spacial score (nSPS) is 26.8. The Labute approximate surface area is 91.9 Å². The van der Waals surface area contributed by atoms with Crippen molar-refractivity contribution in [2.24, 2.45) is 11.8 Å². The molecular weight excluding hydrogens is 208 g/mol. The molecule has 2 unspecified atom stereocenters. The van der Waals surface area contributed by atoms with Gasteiger partial charge in [-0.2, -0.15) is 0 Å². The van der Waals surface area contributed by atoms with Gasteiger partial charge in [-0.15, -0.1) is 0 Å². The van der Waals surface area contributed by atoms with E-state index in [1.54, 1.807) is 36.5 Å². The Bertz CT molecular complexity index is 421. The van der Waals surface area contributed by atoms with Crippen LogP contribution in [0.5, 0.6) is 0 Å². The fourth-order valence-electron chi connectivity index (χ4n) is 1.72. The molecule has 0 fully saturated rings. The van der Waals surface area contributed by atoms with Crippen LogP contribution < -0.4 is 0 Å². The molecule has 4 nitrogen and oxygen atoms in total. The molecule has 2 rings (SSSR count). The number of carboxylic acids is 2. The molecule has 0 heterocycles. The lowest BCUT2D eigenvalue weighted by Crippen LogP contribution is -2.15. The van der Waals surface area contributed by atoms with Crippen LogP contribution in [-0.2, 0) is 9.59 Å². The minimum Gasteiger partial charge on any atom is -0.481 e. The molecule has 0 bridgehead atoms. The Morgan fingerprint density at radius 3 is 1.56 bits per heavy atom. The number of carboxylic acid groups (broad SMARTS) is 2. The van der Waals surface area contributed by atoms with Crippen LogP contribution in [0.2, 0.25) is 0 Å². The van der Waals surface area contributed by atoms with Gasteiger partial charge in [0.25, 0.3) is 0 Å². The number of rotatable bonds is 2. The fraction of sp³-hybridized carbons (Fsp3) is 0.167. The van der Waals surface area contributed by atoms with Crippen LogP contribution in [-0.4, -0.2) is 22.2 Å². The maximum atomic E-state index is 10.8. The highest BCUT2D eigenvalue weighted by molar-refractivity contribution is 5.79.